The van der Waals surface area contributed by atoms with Gasteiger partial charge in [-0.05, 0) is 31.0 Å². The Hall–Kier alpha value is -2.44. The topological polar surface area (TPSA) is 95.5 Å². The first-order valence-electron chi connectivity index (χ1n) is 7.45. The molecule has 1 aromatic rings. The van der Waals surface area contributed by atoms with Gasteiger partial charge in [0.15, 0.2) is 0 Å². The van der Waals surface area contributed by atoms with Gasteiger partial charge in [0.2, 0.25) is 11.8 Å². The molecule has 0 bridgehead atoms. The van der Waals surface area contributed by atoms with E-state index in [9.17, 15) is 18.8 Å². The third-order valence-electron chi connectivity index (χ3n) is 3.17. The summed E-state index contributed by atoms with van der Waals surface area (Å²) in [5.41, 5.74) is 0.519. The molecule has 0 aromatic heterocycles. The maximum absolute atomic E-state index is 12.9. The summed E-state index contributed by atoms with van der Waals surface area (Å²) in [5, 5.41) is 14.2. The molecule has 6 nitrogen and oxygen atoms in total. The first-order valence-corrected chi connectivity index (χ1v) is 7.45. The van der Waals surface area contributed by atoms with E-state index in [1.807, 2.05) is 6.92 Å². The minimum atomic E-state index is -1.07. The van der Waals surface area contributed by atoms with E-state index in [4.69, 9.17) is 5.11 Å². The van der Waals surface area contributed by atoms with E-state index in [0.717, 1.165) is 0 Å². The van der Waals surface area contributed by atoms with Crippen LogP contribution in [0.4, 0.5) is 4.39 Å². The van der Waals surface area contributed by atoms with Gasteiger partial charge in [0.25, 0.3) is 0 Å². The molecule has 1 unspecified atom stereocenters. The van der Waals surface area contributed by atoms with Crippen LogP contribution in [0.3, 0.4) is 0 Å². The first-order chi connectivity index (χ1) is 10.9. The number of halogens is 1. The number of carboxylic acid groups (broad SMARTS) is 1. The normalized spacial score (nSPS) is 11.6. The zero-order valence-electron chi connectivity index (χ0n) is 13.0. The highest BCUT2D eigenvalue weighted by molar-refractivity contribution is 5.79. The average Bonchev–Trinajstić information content (AvgIpc) is 2.47. The van der Waals surface area contributed by atoms with Gasteiger partial charge < -0.3 is 15.7 Å². The molecule has 0 saturated heterocycles. The van der Waals surface area contributed by atoms with Crippen molar-refractivity contribution in [2.45, 2.75) is 38.6 Å². The van der Waals surface area contributed by atoms with E-state index in [2.05, 4.69) is 10.6 Å². The van der Waals surface area contributed by atoms with E-state index in [0.29, 0.717) is 18.5 Å². The third kappa shape index (κ3) is 7.39. The number of amides is 2. The Balaban J connectivity index is 2.56. The Kier molecular flexibility index (Phi) is 7.73. The molecule has 3 N–H and O–H groups in total. The Morgan fingerprint density at radius 3 is 2.30 bits per heavy atom. The summed E-state index contributed by atoms with van der Waals surface area (Å²) in [6.45, 7) is 2.35. The van der Waals surface area contributed by atoms with E-state index in [-0.39, 0.29) is 31.1 Å². The van der Waals surface area contributed by atoms with Crippen molar-refractivity contribution in [3.63, 3.8) is 0 Å². The molecule has 0 spiro atoms. The summed E-state index contributed by atoms with van der Waals surface area (Å²) in [5.74, 6) is -1.97. The summed E-state index contributed by atoms with van der Waals surface area (Å²) >= 11 is 0. The molecule has 0 aliphatic carbocycles. The van der Waals surface area contributed by atoms with Crippen molar-refractivity contribution < 1.29 is 23.9 Å². The third-order valence-corrected chi connectivity index (χ3v) is 3.17. The van der Waals surface area contributed by atoms with Crippen molar-refractivity contribution in [3.8, 4) is 0 Å². The second-order valence-electron chi connectivity index (χ2n) is 5.08. The van der Waals surface area contributed by atoms with Gasteiger partial charge in [-0.25, -0.2) is 4.39 Å². The van der Waals surface area contributed by atoms with E-state index < -0.39 is 17.8 Å². The zero-order chi connectivity index (χ0) is 17.2. The van der Waals surface area contributed by atoms with Crippen LogP contribution >= 0.6 is 0 Å². The maximum Gasteiger partial charge on any atom is 0.305 e. The molecule has 1 rings (SSSR count). The Morgan fingerprint density at radius 1 is 1.13 bits per heavy atom. The monoisotopic (exact) mass is 324 g/mol. The fraction of sp³-hybridized carbons (Fsp3) is 0.438. The average molecular weight is 324 g/mol. The molecule has 0 aliphatic heterocycles. The highest BCUT2D eigenvalue weighted by Gasteiger charge is 2.18. The predicted octanol–water partition coefficient (Wildman–Crippen LogP) is 1.76. The molecule has 0 fully saturated rings. The minimum Gasteiger partial charge on any atom is -0.481 e. The van der Waals surface area contributed by atoms with Gasteiger partial charge in [-0.1, -0.05) is 12.1 Å². The highest BCUT2D eigenvalue weighted by atomic mass is 19.1. The lowest BCUT2D eigenvalue weighted by atomic mass is 10.0. The number of carbonyl (C=O) groups is 3. The van der Waals surface area contributed by atoms with Crippen molar-refractivity contribution >= 4 is 17.8 Å². The van der Waals surface area contributed by atoms with Crippen LogP contribution in [0.25, 0.3) is 0 Å². The van der Waals surface area contributed by atoms with Crippen molar-refractivity contribution in [1.29, 1.82) is 0 Å². The van der Waals surface area contributed by atoms with Crippen LogP contribution in [-0.2, 0) is 14.4 Å². The standard InChI is InChI=1S/C16H21FN2O4/c1-2-18-14(20)4-3-5-15(21)19-13(10-16(22)23)11-6-8-12(17)9-7-11/h6-9,13H,2-5,10H2,1H3,(H,18,20)(H,19,21)(H,22,23). The van der Waals surface area contributed by atoms with Crippen molar-refractivity contribution in [2.75, 3.05) is 6.54 Å². The number of rotatable bonds is 9. The summed E-state index contributed by atoms with van der Waals surface area (Å²) in [6, 6.07) is 4.58. The molecule has 0 radical (unpaired) electrons. The van der Waals surface area contributed by atoms with E-state index in [1.54, 1.807) is 0 Å². The summed E-state index contributed by atoms with van der Waals surface area (Å²) in [7, 11) is 0. The molecule has 23 heavy (non-hydrogen) atoms. The van der Waals surface area contributed by atoms with Crippen LogP contribution < -0.4 is 10.6 Å². The lowest BCUT2D eigenvalue weighted by Gasteiger charge is -2.17. The predicted molar refractivity (Wildman–Crippen MR) is 82.1 cm³/mol. The number of nitrogens with one attached hydrogen (secondary N) is 2. The Labute approximate surface area is 134 Å². The number of hydrogen-bond donors (Lipinski definition) is 3. The highest BCUT2D eigenvalue weighted by Crippen LogP contribution is 2.18. The second-order valence-corrected chi connectivity index (χ2v) is 5.08. The number of carbonyl (C=O) groups excluding carboxylic acids is 2. The van der Waals surface area contributed by atoms with Crippen LogP contribution in [0.1, 0.15) is 44.2 Å². The first kappa shape index (κ1) is 18.6. The fourth-order valence-electron chi connectivity index (χ4n) is 2.08. The summed E-state index contributed by atoms with van der Waals surface area (Å²) in [6.07, 6.45) is 0.435. The molecule has 0 saturated carbocycles. The van der Waals surface area contributed by atoms with Crippen molar-refractivity contribution in [2.24, 2.45) is 0 Å². The van der Waals surface area contributed by atoms with Gasteiger partial charge >= 0.3 is 5.97 Å². The number of carboxylic acids is 1. The molecular formula is C16H21FN2O4. The summed E-state index contributed by atoms with van der Waals surface area (Å²) in [4.78, 5) is 34.1. The van der Waals surface area contributed by atoms with Crippen molar-refractivity contribution in [3.05, 3.63) is 35.6 Å². The molecule has 1 atom stereocenters. The molecule has 2 amide bonds. The molecule has 0 heterocycles. The maximum atomic E-state index is 12.9. The Morgan fingerprint density at radius 2 is 1.74 bits per heavy atom. The second kappa shape index (κ2) is 9.55. The number of benzene rings is 1. The van der Waals surface area contributed by atoms with Crippen LogP contribution in [0.15, 0.2) is 24.3 Å². The smallest absolute Gasteiger partial charge is 0.305 e. The quantitative estimate of drug-likeness (QED) is 0.645. The SMILES string of the molecule is CCNC(=O)CCCC(=O)NC(CC(=O)O)c1ccc(F)cc1. The van der Waals surface area contributed by atoms with Crippen LogP contribution in [0.2, 0.25) is 0 Å². The van der Waals surface area contributed by atoms with E-state index >= 15 is 0 Å². The van der Waals surface area contributed by atoms with Gasteiger partial charge in [0, 0.05) is 19.4 Å². The van der Waals surface area contributed by atoms with Crippen LogP contribution in [0, 0.1) is 5.82 Å². The zero-order valence-corrected chi connectivity index (χ0v) is 13.0. The van der Waals surface area contributed by atoms with Gasteiger partial charge in [0.05, 0.1) is 12.5 Å². The number of hydrogen-bond acceptors (Lipinski definition) is 3. The lowest BCUT2D eigenvalue weighted by Crippen LogP contribution is -2.30. The molecule has 1 aromatic carbocycles. The molecule has 126 valence electrons. The van der Waals surface area contributed by atoms with Crippen LogP contribution in [-0.4, -0.2) is 29.4 Å². The molecule has 0 aliphatic rings. The van der Waals surface area contributed by atoms with Gasteiger partial charge in [-0.15, -0.1) is 0 Å². The molecule has 7 heteroatoms. The summed E-state index contributed by atoms with van der Waals surface area (Å²) < 4.78 is 12.9. The minimum absolute atomic E-state index is 0.119. The van der Waals surface area contributed by atoms with Gasteiger partial charge in [-0.2, -0.15) is 0 Å². The lowest BCUT2D eigenvalue weighted by molar-refractivity contribution is -0.137. The van der Waals surface area contributed by atoms with E-state index in [1.165, 1.54) is 24.3 Å². The van der Waals surface area contributed by atoms with Gasteiger partial charge in [-0.3, -0.25) is 14.4 Å². The van der Waals surface area contributed by atoms with Gasteiger partial charge in [0.1, 0.15) is 5.82 Å². The largest absolute Gasteiger partial charge is 0.481 e. The van der Waals surface area contributed by atoms with Crippen molar-refractivity contribution in [1.82, 2.24) is 10.6 Å². The Bertz CT molecular complexity index is 546. The number of aliphatic carboxylic acids is 1. The fourth-order valence-corrected chi connectivity index (χ4v) is 2.08. The molecular weight excluding hydrogens is 303 g/mol. The van der Waals surface area contributed by atoms with Crippen LogP contribution in [0.5, 0.6) is 0 Å².